The monoisotopic (exact) mass is 214 g/mol. The number of hydrogen-bond acceptors (Lipinski definition) is 3. The van der Waals surface area contributed by atoms with Crippen molar-refractivity contribution in [1.29, 1.82) is 0 Å². The predicted molar refractivity (Wildman–Crippen MR) is 60.5 cm³/mol. The smallest absolute Gasteiger partial charge is 0.333 e. The molecule has 0 aromatic heterocycles. The van der Waals surface area contributed by atoms with Crippen LogP contribution in [0.15, 0.2) is 11.6 Å². The number of carbonyl (C=O) groups excluding carboxylic acids is 1. The van der Waals surface area contributed by atoms with E-state index in [-0.39, 0.29) is 18.7 Å². The molecule has 1 N–H and O–H groups in total. The predicted octanol–water partition coefficient (Wildman–Crippen LogP) is 2.44. The van der Waals surface area contributed by atoms with Gasteiger partial charge in [0.25, 0.3) is 0 Å². The summed E-state index contributed by atoms with van der Waals surface area (Å²) >= 11 is 0. The highest BCUT2D eigenvalue weighted by atomic mass is 16.5. The molecule has 0 saturated carbocycles. The van der Waals surface area contributed by atoms with Gasteiger partial charge in [0.1, 0.15) is 6.10 Å². The zero-order chi connectivity index (χ0) is 11.7. The lowest BCUT2D eigenvalue weighted by atomic mass is 10.1. The molecule has 88 valence electrons. The van der Waals surface area contributed by atoms with Crippen LogP contribution in [-0.2, 0) is 9.53 Å². The Labute approximate surface area is 92.1 Å². The van der Waals surface area contributed by atoms with Crippen LogP contribution in [0.4, 0.5) is 0 Å². The molecule has 0 radical (unpaired) electrons. The first-order chi connectivity index (χ1) is 7.15. The van der Waals surface area contributed by atoms with Gasteiger partial charge in [0.05, 0.1) is 0 Å². The molecule has 0 aromatic carbocycles. The van der Waals surface area contributed by atoms with Crippen LogP contribution in [0.25, 0.3) is 0 Å². The molecule has 0 rings (SSSR count). The molecule has 0 spiro atoms. The van der Waals surface area contributed by atoms with Crippen molar-refractivity contribution >= 4 is 5.97 Å². The minimum Gasteiger partial charge on any atom is -0.459 e. The van der Waals surface area contributed by atoms with Gasteiger partial charge in [-0.05, 0) is 20.3 Å². The van der Waals surface area contributed by atoms with Gasteiger partial charge in [0.15, 0.2) is 0 Å². The van der Waals surface area contributed by atoms with Gasteiger partial charge in [-0.15, -0.1) is 0 Å². The molecule has 1 unspecified atom stereocenters. The Balaban J connectivity index is 4.09. The van der Waals surface area contributed by atoms with Crippen molar-refractivity contribution in [3.63, 3.8) is 0 Å². The summed E-state index contributed by atoms with van der Waals surface area (Å²) in [5.74, 6) is -0.271. The number of allylic oxidation sites excluding steroid dienone is 1. The van der Waals surface area contributed by atoms with E-state index >= 15 is 0 Å². The quantitative estimate of drug-likeness (QED) is 0.523. The number of hydrogen-bond donors (Lipinski definition) is 1. The van der Waals surface area contributed by atoms with Gasteiger partial charge in [-0.25, -0.2) is 4.79 Å². The molecule has 0 heterocycles. The number of esters is 1. The number of aliphatic hydroxyl groups is 1. The van der Waals surface area contributed by atoms with Crippen molar-refractivity contribution in [2.24, 2.45) is 0 Å². The first kappa shape index (κ1) is 14.2. The average Bonchev–Trinajstić information content (AvgIpc) is 2.24. The number of ether oxygens (including phenoxy) is 1. The minimum atomic E-state index is -0.271. The van der Waals surface area contributed by atoms with E-state index in [0.717, 1.165) is 19.3 Å². The van der Waals surface area contributed by atoms with E-state index in [2.05, 4.69) is 6.92 Å². The molecule has 0 saturated heterocycles. The second-order valence-corrected chi connectivity index (χ2v) is 3.65. The van der Waals surface area contributed by atoms with Crippen molar-refractivity contribution in [3.8, 4) is 0 Å². The molecule has 3 heteroatoms. The molecule has 0 fully saturated rings. The third-order valence-electron chi connectivity index (χ3n) is 2.36. The van der Waals surface area contributed by atoms with Crippen LogP contribution < -0.4 is 0 Å². The zero-order valence-corrected chi connectivity index (χ0v) is 9.95. The Morgan fingerprint density at radius 2 is 2.13 bits per heavy atom. The SMILES string of the molecule is CC=C(C)C(=O)OC(CCO)CCCC. The second kappa shape index (κ2) is 8.48. The van der Waals surface area contributed by atoms with Gasteiger partial charge >= 0.3 is 5.97 Å². The average molecular weight is 214 g/mol. The fraction of sp³-hybridized carbons (Fsp3) is 0.750. The van der Waals surface area contributed by atoms with Gasteiger partial charge in [-0.2, -0.15) is 0 Å². The number of carbonyl (C=O) groups is 1. The highest BCUT2D eigenvalue weighted by Crippen LogP contribution is 2.11. The highest BCUT2D eigenvalue weighted by molar-refractivity contribution is 5.87. The Kier molecular flexibility index (Phi) is 8.01. The molecule has 3 nitrogen and oxygen atoms in total. The Hall–Kier alpha value is -0.830. The third-order valence-corrected chi connectivity index (χ3v) is 2.36. The lowest BCUT2D eigenvalue weighted by molar-refractivity contribution is -0.145. The van der Waals surface area contributed by atoms with E-state index < -0.39 is 0 Å². The second-order valence-electron chi connectivity index (χ2n) is 3.65. The van der Waals surface area contributed by atoms with Crippen molar-refractivity contribution in [3.05, 3.63) is 11.6 Å². The Bertz CT molecular complexity index is 209. The maximum absolute atomic E-state index is 11.5. The van der Waals surface area contributed by atoms with Gasteiger partial charge < -0.3 is 9.84 Å². The zero-order valence-electron chi connectivity index (χ0n) is 9.95. The van der Waals surface area contributed by atoms with E-state index in [4.69, 9.17) is 9.84 Å². The summed E-state index contributed by atoms with van der Waals surface area (Å²) in [6, 6.07) is 0. The summed E-state index contributed by atoms with van der Waals surface area (Å²) in [6.45, 7) is 5.70. The Morgan fingerprint density at radius 3 is 2.60 bits per heavy atom. The summed E-state index contributed by atoms with van der Waals surface area (Å²) in [5.41, 5.74) is 0.620. The molecule has 15 heavy (non-hydrogen) atoms. The maximum Gasteiger partial charge on any atom is 0.333 e. The van der Waals surface area contributed by atoms with Gasteiger partial charge in [-0.1, -0.05) is 25.8 Å². The molecule has 0 aromatic rings. The summed E-state index contributed by atoms with van der Waals surface area (Å²) in [5, 5.41) is 8.84. The topological polar surface area (TPSA) is 46.5 Å². The van der Waals surface area contributed by atoms with Gasteiger partial charge in [0.2, 0.25) is 0 Å². The molecule has 1 atom stereocenters. The van der Waals surface area contributed by atoms with Crippen LogP contribution in [0, 0.1) is 0 Å². The highest BCUT2D eigenvalue weighted by Gasteiger charge is 2.14. The van der Waals surface area contributed by atoms with Crippen molar-refractivity contribution in [2.75, 3.05) is 6.61 Å². The van der Waals surface area contributed by atoms with Crippen LogP contribution in [0.3, 0.4) is 0 Å². The van der Waals surface area contributed by atoms with Crippen molar-refractivity contribution in [1.82, 2.24) is 0 Å². The fourth-order valence-electron chi connectivity index (χ4n) is 1.20. The summed E-state index contributed by atoms with van der Waals surface area (Å²) < 4.78 is 5.28. The normalized spacial score (nSPS) is 13.7. The van der Waals surface area contributed by atoms with Crippen LogP contribution in [0.5, 0.6) is 0 Å². The fourth-order valence-corrected chi connectivity index (χ4v) is 1.20. The van der Waals surface area contributed by atoms with Crippen LogP contribution in [-0.4, -0.2) is 23.8 Å². The minimum absolute atomic E-state index is 0.0660. The lowest BCUT2D eigenvalue weighted by Gasteiger charge is -2.16. The first-order valence-electron chi connectivity index (χ1n) is 5.60. The summed E-state index contributed by atoms with van der Waals surface area (Å²) in [7, 11) is 0. The van der Waals surface area contributed by atoms with Crippen LogP contribution >= 0.6 is 0 Å². The largest absolute Gasteiger partial charge is 0.459 e. The van der Waals surface area contributed by atoms with E-state index in [1.54, 1.807) is 13.0 Å². The third kappa shape index (κ3) is 6.28. The Morgan fingerprint density at radius 1 is 1.47 bits per heavy atom. The van der Waals surface area contributed by atoms with Crippen LogP contribution in [0.2, 0.25) is 0 Å². The molecular formula is C12H22O3. The molecular weight excluding hydrogens is 192 g/mol. The molecule has 0 bridgehead atoms. The van der Waals surface area contributed by atoms with E-state index in [9.17, 15) is 4.79 Å². The van der Waals surface area contributed by atoms with Gasteiger partial charge in [0, 0.05) is 18.6 Å². The molecule has 0 aliphatic heterocycles. The van der Waals surface area contributed by atoms with E-state index in [1.165, 1.54) is 0 Å². The standard InChI is InChI=1S/C12H22O3/c1-4-6-7-11(8-9-13)15-12(14)10(3)5-2/h5,11,13H,4,6-9H2,1-3H3. The lowest BCUT2D eigenvalue weighted by Crippen LogP contribution is -2.20. The summed E-state index contributed by atoms with van der Waals surface area (Å²) in [4.78, 5) is 11.5. The van der Waals surface area contributed by atoms with E-state index in [1.807, 2.05) is 6.92 Å². The maximum atomic E-state index is 11.5. The number of unbranched alkanes of at least 4 members (excludes halogenated alkanes) is 1. The molecule has 0 amide bonds. The van der Waals surface area contributed by atoms with Gasteiger partial charge in [-0.3, -0.25) is 0 Å². The summed E-state index contributed by atoms with van der Waals surface area (Å²) in [6.07, 6.45) is 5.05. The van der Waals surface area contributed by atoms with E-state index in [0.29, 0.717) is 12.0 Å². The van der Waals surface area contributed by atoms with Crippen LogP contribution in [0.1, 0.15) is 46.5 Å². The van der Waals surface area contributed by atoms with Crippen molar-refractivity contribution in [2.45, 2.75) is 52.6 Å². The van der Waals surface area contributed by atoms with Crippen molar-refractivity contribution < 1.29 is 14.6 Å². The molecule has 0 aliphatic carbocycles. The first-order valence-corrected chi connectivity index (χ1v) is 5.60. The molecule has 0 aliphatic rings. The number of rotatable bonds is 7. The number of aliphatic hydroxyl groups excluding tert-OH is 1.